The molecule has 7 aromatic rings. The van der Waals surface area contributed by atoms with Crippen LogP contribution < -0.4 is 6.15 Å². The summed E-state index contributed by atoms with van der Waals surface area (Å²) in [6.07, 6.45) is 0. The van der Waals surface area contributed by atoms with Crippen LogP contribution in [0.15, 0.2) is 97.1 Å². The van der Waals surface area contributed by atoms with Crippen LogP contribution in [0.1, 0.15) is 0 Å². The van der Waals surface area contributed by atoms with Gasteiger partial charge in [-0.25, -0.2) is 29.9 Å². The second-order valence-corrected chi connectivity index (χ2v) is 9.79. The molecule has 2 aliphatic heterocycles. The second kappa shape index (κ2) is 9.67. The standard InChI is InChI=1S/C32H18N8.Co.H3N/c1-2-10-18-17(9-1)25-33-26(18)38-28-21-13-5-6-14-22(21)30(35-28)40-32-24-16-8-7-15-23(24)31(36-32)39-29-20-12-4-3-11-19(20)27(34-29)37-25;;/h1-16H,(H2,33,34,35,36,37,38,39,40);;1H3. The van der Waals surface area contributed by atoms with E-state index in [-0.39, 0.29) is 22.9 Å². The third-order valence-electron chi connectivity index (χ3n) is 7.46. The van der Waals surface area contributed by atoms with Gasteiger partial charge in [0.15, 0.2) is 23.3 Å². The van der Waals surface area contributed by atoms with Crippen LogP contribution >= 0.6 is 0 Å². The summed E-state index contributed by atoms with van der Waals surface area (Å²) in [7, 11) is 0. The van der Waals surface area contributed by atoms with Crippen LogP contribution in [0.2, 0.25) is 0 Å². The van der Waals surface area contributed by atoms with Crippen LogP contribution in [0.3, 0.4) is 0 Å². The SMILES string of the molecule is N.[Co].c1ccc2c(c1)-c1nc-2nc2[nH]c(nc3nc(nc4[nH]c(n1)c1ccccc41)-c1ccccc1-3)c1ccccc21. The van der Waals surface area contributed by atoms with Gasteiger partial charge in [-0.15, -0.1) is 0 Å². The molecule has 5 heterocycles. The fourth-order valence-electron chi connectivity index (χ4n) is 5.59. The molecular formula is C32H21CoN9. The van der Waals surface area contributed by atoms with Gasteiger partial charge in [-0.05, 0) is 0 Å². The van der Waals surface area contributed by atoms with E-state index in [0.717, 1.165) is 43.8 Å². The number of aromatic amines is 2. The fourth-order valence-corrected chi connectivity index (χ4v) is 5.59. The first-order valence-electron chi connectivity index (χ1n) is 13.0. The zero-order valence-corrected chi connectivity index (χ0v) is 23.0. The van der Waals surface area contributed by atoms with Crippen molar-refractivity contribution in [3.05, 3.63) is 97.1 Å². The number of hydrogen-bond acceptors (Lipinski definition) is 7. The van der Waals surface area contributed by atoms with Gasteiger partial charge in [-0.3, -0.25) is 0 Å². The van der Waals surface area contributed by atoms with Gasteiger partial charge >= 0.3 is 0 Å². The number of fused-ring (bicyclic) bond motifs is 20. The van der Waals surface area contributed by atoms with E-state index >= 15 is 0 Å². The number of H-pyrrole nitrogens is 2. The van der Waals surface area contributed by atoms with E-state index < -0.39 is 0 Å². The molecule has 0 saturated heterocycles. The number of hydrogen-bond donors (Lipinski definition) is 3. The van der Waals surface area contributed by atoms with Crippen LogP contribution in [-0.2, 0) is 16.8 Å². The van der Waals surface area contributed by atoms with Crippen LogP contribution in [-0.4, -0.2) is 39.9 Å². The van der Waals surface area contributed by atoms with Crippen molar-refractivity contribution >= 4 is 44.1 Å². The molecule has 0 spiro atoms. The van der Waals surface area contributed by atoms with Crippen LogP contribution in [0.5, 0.6) is 0 Å². The molecule has 9 nitrogen and oxygen atoms in total. The molecule has 0 atom stereocenters. The van der Waals surface area contributed by atoms with Crippen molar-refractivity contribution in [2.75, 3.05) is 0 Å². The second-order valence-electron chi connectivity index (χ2n) is 9.79. The molecule has 203 valence electrons. The summed E-state index contributed by atoms with van der Waals surface area (Å²) < 4.78 is 0. The number of rotatable bonds is 0. The molecule has 1 radical (unpaired) electrons. The average Bonchev–Trinajstić information content (AvgIpc) is 3.73. The first kappa shape index (κ1) is 25.7. The number of aromatic nitrogens is 8. The molecule has 0 amide bonds. The van der Waals surface area contributed by atoms with Crippen molar-refractivity contribution in [2.24, 2.45) is 0 Å². The van der Waals surface area contributed by atoms with Crippen molar-refractivity contribution in [3.8, 4) is 45.6 Å². The Balaban J connectivity index is 0.00000144. The first-order chi connectivity index (χ1) is 19.8. The molecule has 8 bridgehead atoms. The Morgan fingerprint density at radius 1 is 0.333 bits per heavy atom. The maximum absolute atomic E-state index is 5.02. The molecule has 42 heavy (non-hydrogen) atoms. The van der Waals surface area contributed by atoms with E-state index in [2.05, 4.69) is 9.97 Å². The first-order valence-corrected chi connectivity index (χ1v) is 13.0. The maximum Gasteiger partial charge on any atom is 0.164 e. The molecule has 0 unspecified atom stereocenters. The largest absolute Gasteiger partial charge is 0.344 e. The molecule has 10 heteroatoms. The van der Waals surface area contributed by atoms with E-state index in [4.69, 9.17) is 29.9 Å². The van der Waals surface area contributed by atoms with E-state index in [9.17, 15) is 0 Å². The third-order valence-corrected chi connectivity index (χ3v) is 7.46. The minimum Gasteiger partial charge on any atom is -0.344 e. The summed E-state index contributed by atoms with van der Waals surface area (Å²) in [5, 5.41) is 3.82. The quantitative estimate of drug-likeness (QED) is 0.172. The van der Waals surface area contributed by atoms with Gasteiger partial charge in [0.2, 0.25) is 0 Å². The minimum absolute atomic E-state index is 0. The van der Waals surface area contributed by atoms with Gasteiger partial charge in [-0.1, -0.05) is 97.1 Å². The van der Waals surface area contributed by atoms with E-state index in [1.807, 2.05) is 97.1 Å². The molecule has 9 rings (SSSR count). The Hall–Kier alpha value is -5.29. The van der Waals surface area contributed by atoms with Crippen molar-refractivity contribution in [3.63, 3.8) is 0 Å². The van der Waals surface area contributed by atoms with Crippen molar-refractivity contribution in [1.29, 1.82) is 0 Å². The zero-order chi connectivity index (χ0) is 26.2. The topological polar surface area (TPSA) is 144 Å². The third kappa shape index (κ3) is 3.74. The molecular weight excluding hydrogens is 569 g/mol. The molecule has 0 saturated carbocycles. The fraction of sp³-hybridized carbons (Fsp3) is 0. The summed E-state index contributed by atoms with van der Waals surface area (Å²) in [4.78, 5) is 36.8. The van der Waals surface area contributed by atoms with Crippen LogP contribution in [0, 0.1) is 0 Å². The Kier molecular flexibility index (Phi) is 5.91. The Labute approximate surface area is 249 Å². The summed E-state index contributed by atoms with van der Waals surface area (Å²) in [5.74, 6) is 2.39. The van der Waals surface area contributed by atoms with Crippen molar-refractivity contribution in [1.82, 2.24) is 46.0 Å². The van der Waals surface area contributed by atoms with E-state index in [1.165, 1.54) is 0 Å². The van der Waals surface area contributed by atoms with E-state index in [1.54, 1.807) is 0 Å². The maximum atomic E-state index is 5.02. The molecule has 2 aliphatic rings. The van der Waals surface area contributed by atoms with Gasteiger partial charge in [0.25, 0.3) is 0 Å². The summed E-state index contributed by atoms with van der Waals surface area (Å²) in [5.41, 5.74) is 6.45. The molecule has 0 aliphatic carbocycles. The van der Waals surface area contributed by atoms with Crippen molar-refractivity contribution in [2.45, 2.75) is 0 Å². The zero-order valence-electron chi connectivity index (χ0n) is 22.0. The van der Waals surface area contributed by atoms with Crippen molar-refractivity contribution < 1.29 is 16.8 Å². The predicted octanol–water partition coefficient (Wildman–Crippen LogP) is 7.03. The monoisotopic (exact) mass is 590 g/mol. The number of nitrogens with one attached hydrogen (secondary N) is 2. The van der Waals surface area contributed by atoms with Gasteiger partial charge in [0, 0.05) is 60.6 Å². The summed E-state index contributed by atoms with van der Waals surface area (Å²) in [6.45, 7) is 0. The predicted molar refractivity (Wildman–Crippen MR) is 161 cm³/mol. The number of benzene rings is 4. The van der Waals surface area contributed by atoms with Gasteiger partial charge < -0.3 is 16.1 Å². The van der Waals surface area contributed by atoms with Crippen LogP contribution in [0.25, 0.3) is 89.7 Å². The normalized spacial score (nSPS) is 11.4. The minimum atomic E-state index is 0. The number of nitrogens with zero attached hydrogens (tertiary/aromatic N) is 6. The van der Waals surface area contributed by atoms with Gasteiger partial charge in [-0.2, -0.15) is 0 Å². The molecule has 3 aromatic heterocycles. The van der Waals surface area contributed by atoms with E-state index in [0.29, 0.717) is 45.9 Å². The Morgan fingerprint density at radius 3 is 0.833 bits per heavy atom. The Morgan fingerprint density at radius 2 is 0.571 bits per heavy atom. The smallest absolute Gasteiger partial charge is 0.164 e. The Bertz CT molecular complexity index is 2040. The molecule has 5 N–H and O–H groups in total. The van der Waals surface area contributed by atoms with Gasteiger partial charge in [0.05, 0.1) is 0 Å². The molecule has 0 fully saturated rings. The average molecular weight is 591 g/mol. The molecule has 4 aromatic carbocycles. The van der Waals surface area contributed by atoms with Gasteiger partial charge in [0.1, 0.15) is 22.6 Å². The van der Waals surface area contributed by atoms with Crippen LogP contribution in [0.4, 0.5) is 0 Å². The summed E-state index contributed by atoms with van der Waals surface area (Å²) in [6, 6.07) is 32.2. The summed E-state index contributed by atoms with van der Waals surface area (Å²) >= 11 is 0.